The highest BCUT2D eigenvalue weighted by Crippen LogP contribution is 2.31. The highest BCUT2D eigenvalue weighted by molar-refractivity contribution is 6.35. The molecule has 34 heavy (non-hydrogen) atoms. The third-order valence-corrected chi connectivity index (χ3v) is 6.25. The average Bonchev–Trinajstić information content (AvgIpc) is 3.36. The Kier molecular flexibility index (Phi) is 7.56. The van der Waals surface area contributed by atoms with E-state index in [9.17, 15) is 9.59 Å². The summed E-state index contributed by atoms with van der Waals surface area (Å²) in [5, 5.41) is 4.11. The van der Waals surface area contributed by atoms with Gasteiger partial charge in [-0.15, -0.1) is 0 Å². The molecule has 1 aliphatic heterocycles. The Morgan fingerprint density at radius 1 is 1.00 bits per heavy atom. The molecule has 1 atom stereocenters. The Morgan fingerprint density at radius 3 is 2.41 bits per heavy atom. The lowest BCUT2D eigenvalue weighted by Gasteiger charge is -2.36. The Hall–Kier alpha value is -2.87. The summed E-state index contributed by atoms with van der Waals surface area (Å²) in [7, 11) is 0. The second-order valence-corrected chi connectivity index (χ2v) is 9.00. The van der Waals surface area contributed by atoms with E-state index < -0.39 is 6.10 Å². The quantitative estimate of drug-likeness (QED) is 0.456. The summed E-state index contributed by atoms with van der Waals surface area (Å²) in [4.78, 5) is 28.9. The molecule has 4 rings (SSSR count). The number of halogens is 3. The molecule has 10 heteroatoms. The number of rotatable bonds is 6. The normalized spacial score (nSPS) is 14.6. The lowest BCUT2D eigenvalue weighted by atomic mass is 10.2. The summed E-state index contributed by atoms with van der Waals surface area (Å²) in [6.07, 6.45) is 0.695. The van der Waals surface area contributed by atoms with Gasteiger partial charge in [0.1, 0.15) is 5.75 Å². The van der Waals surface area contributed by atoms with Crippen LogP contribution in [-0.4, -0.2) is 49.0 Å². The number of benzene rings is 2. The van der Waals surface area contributed by atoms with Crippen molar-refractivity contribution >= 4 is 58.0 Å². The Labute approximate surface area is 212 Å². The number of furan rings is 1. The minimum Gasteiger partial charge on any atom is -0.479 e. The SMILES string of the molecule is C[C@H](Oc1ccc(Cl)cc1Cl)C(=O)Nc1ccc(N2CCN(C(=O)c3ccco3)CC2)c(Cl)c1. The summed E-state index contributed by atoms with van der Waals surface area (Å²) in [5.41, 5.74) is 1.38. The molecular formula is C24H22Cl3N3O4. The molecule has 1 aromatic heterocycles. The number of ether oxygens (including phenoxy) is 1. The lowest BCUT2D eigenvalue weighted by Crippen LogP contribution is -2.48. The van der Waals surface area contributed by atoms with Gasteiger partial charge in [-0.1, -0.05) is 34.8 Å². The van der Waals surface area contributed by atoms with Crippen LogP contribution in [0.25, 0.3) is 0 Å². The van der Waals surface area contributed by atoms with Crippen molar-refractivity contribution in [1.29, 1.82) is 0 Å². The van der Waals surface area contributed by atoms with Crippen LogP contribution in [0.4, 0.5) is 11.4 Å². The molecule has 3 aromatic rings. The molecule has 0 radical (unpaired) electrons. The molecule has 2 aromatic carbocycles. The van der Waals surface area contributed by atoms with Crippen molar-refractivity contribution in [3.8, 4) is 5.75 Å². The summed E-state index contributed by atoms with van der Waals surface area (Å²) < 4.78 is 10.9. The van der Waals surface area contributed by atoms with Gasteiger partial charge in [0.25, 0.3) is 11.8 Å². The molecule has 1 aliphatic rings. The third-order valence-electron chi connectivity index (χ3n) is 5.42. The van der Waals surface area contributed by atoms with Gasteiger partial charge >= 0.3 is 0 Å². The van der Waals surface area contributed by atoms with Crippen molar-refractivity contribution in [3.63, 3.8) is 0 Å². The number of hydrogen-bond acceptors (Lipinski definition) is 5. The van der Waals surface area contributed by atoms with Gasteiger partial charge in [0, 0.05) is 36.9 Å². The first-order valence-corrected chi connectivity index (χ1v) is 11.7. The van der Waals surface area contributed by atoms with Crippen LogP contribution in [0.5, 0.6) is 5.75 Å². The standard InChI is InChI=1S/C24H22Cl3N3O4/c1-15(34-21-7-4-16(25)13-19(21)27)23(31)28-17-5-6-20(18(26)14-17)29-8-10-30(11-9-29)24(32)22-3-2-12-33-22/h2-7,12-15H,8-11H2,1H3,(H,28,31)/t15-/m0/s1. The van der Waals surface area contributed by atoms with Gasteiger partial charge in [0.15, 0.2) is 11.9 Å². The van der Waals surface area contributed by atoms with Crippen LogP contribution >= 0.6 is 34.8 Å². The van der Waals surface area contributed by atoms with Gasteiger partial charge in [-0.25, -0.2) is 0 Å². The van der Waals surface area contributed by atoms with Crippen molar-refractivity contribution < 1.29 is 18.7 Å². The van der Waals surface area contributed by atoms with E-state index in [1.165, 1.54) is 6.26 Å². The predicted octanol–water partition coefficient (Wildman–Crippen LogP) is 5.61. The van der Waals surface area contributed by atoms with Crippen molar-refractivity contribution in [2.24, 2.45) is 0 Å². The zero-order chi connectivity index (χ0) is 24.2. The zero-order valence-corrected chi connectivity index (χ0v) is 20.5. The molecule has 0 saturated carbocycles. The molecule has 2 amide bonds. The molecular weight excluding hydrogens is 501 g/mol. The molecule has 2 heterocycles. The summed E-state index contributed by atoms with van der Waals surface area (Å²) in [5.74, 6) is 0.236. The number of nitrogens with one attached hydrogen (secondary N) is 1. The molecule has 1 saturated heterocycles. The number of anilines is 2. The second-order valence-electron chi connectivity index (χ2n) is 7.75. The first kappa shape index (κ1) is 24.3. The van der Waals surface area contributed by atoms with Crippen LogP contribution < -0.4 is 15.0 Å². The fourth-order valence-electron chi connectivity index (χ4n) is 3.61. The Bertz CT molecular complexity index is 1180. The number of piperazine rings is 1. The lowest BCUT2D eigenvalue weighted by molar-refractivity contribution is -0.122. The van der Waals surface area contributed by atoms with E-state index in [1.54, 1.807) is 54.3 Å². The fourth-order valence-corrected chi connectivity index (χ4v) is 4.36. The molecule has 0 spiro atoms. The first-order chi connectivity index (χ1) is 16.3. The first-order valence-electron chi connectivity index (χ1n) is 10.6. The van der Waals surface area contributed by atoms with E-state index in [0.29, 0.717) is 58.4 Å². The van der Waals surface area contributed by atoms with Crippen LogP contribution in [0, 0.1) is 0 Å². The maximum absolute atomic E-state index is 12.6. The molecule has 1 fully saturated rings. The zero-order valence-electron chi connectivity index (χ0n) is 18.3. The minimum absolute atomic E-state index is 0.120. The largest absolute Gasteiger partial charge is 0.479 e. The smallest absolute Gasteiger partial charge is 0.289 e. The van der Waals surface area contributed by atoms with Gasteiger partial charge in [0.05, 0.1) is 22.0 Å². The van der Waals surface area contributed by atoms with Crippen LogP contribution in [-0.2, 0) is 4.79 Å². The van der Waals surface area contributed by atoms with E-state index in [0.717, 1.165) is 5.69 Å². The fraction of sp³-hybridized carbons (Fsp3) is 0.250. The molecule has 7 nitrogen and oxygen atoms in total. The van der Waals surface area contributed by atoms with Crippen LogP contribution in [0.1, 0.15) is 17.5 Å². The van der Waals surface area contributed by atoms with Gasteiger partial charge < -0.3 is 24.3 Å². The van der Waals surface area contributed by atoms with Gasteiger partial charge in [-0.3, -0.25) is 9.59 Å². The van der Waals surface area contributed by atoms with Crippen LogP contribution in [0.3, 0.4) is 0 Å². The predicted molar refractivity (Wildman–Crippen MR) is 133 cm³/mol. The maximum Gasteiger partial charge on any atom is 0.289 e. The number of carbonyl (C=O) groups is 2. The molecule has 178 valence electrons. The number of nitrogens with zero attached hydrogens (tertiary/aromatic N) is 2. The topological polar surface area (TPSA) is 75.0 Å². The van der Waals surface area contributed by atoms with Crippen molar-refractivity contribution in [1.82, 2.24) is 4.90 Å². The van der Waals surface area contributed by atoms with Crippen molar-refractivity contribution in [2.45, 2.75) is 13.0 Å². The van der Waals surface area contributed by atoms with Crippen molar-refractivity contribution in [3.05, 3.63) is 75.6 Å². The van der Waals surface area contributed by atoms with Crippen molar-refractivity contribution in [2.75, 3.05) is 36.4 Å². The Balaban J connectivity index is 1.34. The number of hydrogen-bond donors (Lipinski definition) is 1. The Morgan fingerprint density at radius 2 is 1.76 bits per heavy atom. The third kappa shape index (κ3) is 5.60. The van der Waals surface area contributed by atoms with E-state index in [-0.39, 0.29) is 11.8 Å². The van der Waals surface area contributed by atoms with Gasteiger partial charge in [-0.2, -0.15) is 0 Å². The van der Waals surface area contributed by atoms with E-state index in [4.69, 9.17) is 44.0 Å². The molecule has 0 aliphatic carbocycles. The van der Waals surface area contributed by atoms with E-state index in [1.807, 2.05) is 6.07 Å². The van der Waals surface area contributed by atoms with Gasteiger partial charge in [0.2, 0.25) is 0 Å². The maximum atomic E-state index is 12.6. The average molecular weight is 523 g/mol. The highest BCUT2D eigenvalue weighted by Gasteiger charge is 2.25. The number of carbonyl (C=O) groups excluding carboxylic acids is 2. The summed E-state index contributed by atoms with van der Waals surface area (Å²) >= 11 is 18.5. The molecule has 1 N–H and O–H groups in total. The van der Waals surface area contributed by atoms with Crippen LogP contribution in [0.15, 0.2) is 59.2 Å². The van der Waals surface area contributed by atoms with E-state index >= 15 is 0 Å². The second kappa shape index (κ2) is 10.6. The van der Waals surface area contributed by atoms with Crippen LogP contribution in [0.2, 0.25) is 15.1 Å². The number of amides is 2. The molecule has 0 bridgehead atoms. The van der Waals surface area contributed by atoms with Gasteiger partial charge in [-0.05, 0) is 55.5 Å². The summed E-state index contributed by atoms with van der Waals surface area (Å²) in [6, 6.07) is 13.5. The highest BCUT2D eigenvalue weighted by atomic mass is 35.5. The molecule has 0 unspecified atom stereocenters. The van der Waals surface area contributed by atoms with E-state index in [2.05, 4.69) is 10.2 Å². The summed E-state index contributed by atoms with van der Waals surface area (Å²) in [6.45, 7) is 3.99. The monoisotopic (exact) mass is 521 g/mol. The minimum atomic E-state index is -0.795.